The summed E-state index contributed by atoms with van der Waals surface area (Å²) in [5.74, 6) is 0.960. The first kappa shape index (κ1) is 19.1. The van der Waals surface area contributed by atoms with Crippen LogP contribution in [-0.2, 0) is 10.0 Å². The lowest BCUT2D eigenvalue weighted by Gasteiger charge is -2.21. The zero-order valence-corrected chi connectivity index (χ0v) is 17.6. The molecule has 3 heterocycles. The lowest BCUT2D eigenvalue weighted by atomic mass is 10.2. The molecule has 3 aromatic rings. The highest BCUT2D eigenvalue weighted by Crippen LogP contribution is 2.34. The zero-order valence-electron chi connectivity index (χ0n) is 15.1. The number of sulfonamides is 1. The summed E-state index contributed by atoms with van der Waals surface area (Å²) in [6.07, 6.45) is 0.997. The van der Waals surface area contributed by atoms with Gasteiger partial charge in [-0.15, -0.1) is 23.1 Å². The van der Waals surface area contributed by atoms with Crippen molar-refractivity contribution < 1.29 is 8.42 Å². The van der Waals surface area contributed by atoms with Crippen LogP contribution in [0, 0.1) is 11.3 Å². The highest BCUT2D eigenvalue weighted by Gasteiger charge is 2.28. The van der Waals surface area contributed by atoms with Gasteiger partial charge in [-0.05, 0) is 30.0 Å². The van der Waals surface area contributed by atoms with E-state index >= 15 is 0 Å². The molecule has 1 atom stereocenters. The van der Waals surface area contributed by atoms with Crippen molar-refractivity contribution in [2.45, 2.75) is 23.6 Å². The first-order valence-corrected chi connectivity index (χ1v) is 12.1. The molecular formula is C19H18N4O2S3. The molecule has 28 heavy (non-hydrogen) atoms. The van der Waals surface area contributed by atoms with Gasteiger partial charge in [-0.2, -0.15) is 5.26 Å². The fourth-order valence-corrected chi connectivity index (χ4v) is 6.75. The van der Waals surface area contributed by atoms with Crippen molar-refractivity contribution in [3.05, 3.63) is 47.5 Å². The van der Waals surface area contributed by atoms with Gasteiger partial charge >= 0.3 is 0 Å². The third kappa shape index (κ3) is 3.32. The highest BCUT2D eigenvalue weighted by atomic mass is 32.2. The lowest BCUT2D eigenvalue weighted by Crippen LogP contribution is -2.31. The van der Waals surface area contributed by atoms with Gasteiger partial charge in [0, 0.05) is 11.1 Å². The van der Waals surface area contributed by atoms with Gasteiger partial charge in [0.15, 0.2) is 0 Å². The molecule has 1 aliphatic heterocycles. The smallest absolute Gasteiger partial charge is 0.274 e. The Hall–Kier alpha value is -2.28. The fraction of sp³-hybridized carbons (Fsp3) is 0.263. The van der Waals surface area contributed by atoms with Crippen molar-refractivity contribution in [2.75, 3.05) is 16.6 Å². The summed E-state index contributed by atoms with van der Waals surface area (Å²) in [4.78, 5) is 8.08. The predicted molar refractivity (Wildman–Crippen MR) is 116 cm³/mol. The van der Waals surface area contributed by atoms with Crippen LogP contribution >= 0.6 is 23.1 Å². The lowest BCUT2D eigenvalue weighted by molar-refractivity contribution is 0.595. The van der Waals surface area contributed by atoms with Crippen LogP contribution in [0.1, 0.15) is 19.0 Å². The number of H-pyrrole nitrogens is 1. The molecule has 0 saturated carbocycles. The van der Waals surface area contributed by atoms with E-state index in [1.807, 2.05) is 24.3 Å². The van der Waals surface area contributed by atoms with E-state index < -0.39 is 10.0 Å². The maximum Gasteiger partial charge on any atom is 0.274 e. The van der Waals surface area contributed by atoms with Gasteiger partial charge in [-0.1, -0.05) is 25.1 Å². The maximum atomic E-state index is 13.1. The van der Waals surface area contributed by atoms with E-state index in [1.165, 1.54) is 4.31 Å². The van der Waals surface area contributed by atoms with Crippen molar-refractivity contribution in [3.8, 4) is 6.07 Å². The predicted octanol–water partition coefficient (Wildman–Crippen LogP) is 4.22. The van der Waals surface area contributed by atoms with E-state index in [0.29, 0.717) is 17.2 Å². The maximum absolute atomic E-state index is 13.1. The Morgan fingerprint density at radius 1 is 1.36 bits per heavy atom. The Morgan fingerprint density at radius 3 is 2.89 bits per heavy atom. The molecule has 0 amide bonds. The monoisotopic (exact) mass is 430 g/mol. The molecule has 1 aliphatic rings. The van der Waals surface area contributed by atoms with Crippen molar-refractivity contribution in [2.24, 2.45) is 4.99 Å². The first-order chi connectivity index (χ1) is 13.5. The summed E-state index contributed by atoms with van der Waals surface area (Å²) in [5, 5.41) is 12.8. The largest absolute Gasteiger partial charge is 0.351 e. The molecule has 0 radical (unpaired) electrons. The number of thiophene rings is 1. The zero-order chi connectivity index (χ0) is 19.7. The number of hydrogen-bond acceptors (Lipinski definition) is 6. The number of aromatic amines is 1. The van der Waals surface area contributed by atoms with E-state index in [-0.39, 0.29) is 10.8 Å². The standard InChI is InChI=1S/C19H18N4O2S3/c1-2-14-12-27-19(21-14)15-11-13-5-3-6-16(18(13)22-15)23(9-8-20)28(24,25)17-7-4-10-26-17/h3-7,10-11,14,22H,2,9,12H2,1H3. The van der Waals surface area contributed by atoms with Crippen LogP contribution in [0.25, 0.3) is 10.9 Å². The Morgan fingerprint density at radius 2 is 2.21 bits per heavy atom. The molecule has 1 N–H and O–H groups in total. The van der Waals surface area contributed by atoms with Gasteiger partial charge in [-0.3, -0.25) is 4.99 Å². The van der Waals surface area contributed by atoms with Crippen molar-refractivity contribution in [1.82, 2.24) is 4.98 Å². The third-order valence-corrected chi connectivity index (χ3v) is 8.85. The molecule has 0 saturated heterocycles. The van der Waals surface area contributed by atoms with E-state index in [0.717, 1.165) is 39.6 Å². The van der Waals surface area contributed by atoms with E-state index in [2.05, 4.69) is 11.9 Å². The van der Waals surface area contributed by atoms with E-state index in [9.17, 15) is 13.7 Å². The minimum atomic E-state index is -3.81. The summed E-state index contributed by atoms with van der Waals surface area (Å²) in [6, 6.07) is 13.0. The van der Waals surface area contributed by atoms with Crippen LogP contribution in [0.3, 0.4) is 0 Å². The van der Waals surface area contributed by atoms with Gasteiger partial charge in [0.1, 0.15) is 15.8 Å². The average Bonchev–Trinajstić information content (AvgIpc) is 3.45. The van der Waals surface area contributed by atoms with E-state index in [4.69, 9.17) is 4.99 Å². The molecule has 1 aromatic carbocycles. The Kier molecular flexibility index (Phi) is 5.19. The van der Waals surface area contributed by atoms with Crippen molar-refractivity contribution in [3.63, 3.8) is 0 Å². The molecule has 0 bridgehead atoms. The number of aliphatic imine (C=N–C) groups is 1. The number of para-hydroxylation sites is 1. The molecule has 6 nitrogen and oxygen atoms in total. The van der Waals surface area contributed by atoms with Gasteiger partial charge in [-0.25, -0.2) is 12.7 Å². The molecule has 9 heteroatoms. The van der Waals surface area contributed by atoms with Crippen molar-refractivity contribution in [1.29, 1.82) is 5.26 Å². The molecule has 2 aromatic heterocycles. The van der Waals surface area contributed by atoms with Crippen LogP contribution in [-0.4, -0.2) is 36.8 Å². The summed E-state index contributed by atoms with van der Waals surface area (Å²) < 4.78 is 27.6. The molecule has 144 valence electrons. The number of aromatic nitrogens is 1. The number of nitriles is 1. The summed E-state index contributed by atoms with van der Waals surface area (Å²) >= 11 is 2.85. The summed E-state index contributed by atoms with van der Waals surface area (Å²) in [6.45, 7) is 1.86. The van der Waals surface area contributed by atoms with Crippen molar-refractivity contribution >= 4 is 54.8 Å². The van der Waals surface area contributed by atoms with Gasteiger partial charge in [0.05, 0.1) is 29.0 Å². The van der Waals surface area contributed by atoms with Crippen LogP contribution in [0.2, 0.25) is 0 Å². The molecule has 0 fully saturated rings. The van der Waals surface area contributed by atoms with Crippen LogP contribution < -0.4 is 4.31 Å². The fourth-order valence-electron chi connectivity index (χ4n) is 3.12. The quantitative estimate of drug-likeness (QED) is 0.593. The minimum absolute atomic E-state index is 0.216. The van der Waals surface area contributed by atoms with Crippen LogP contribution in [0.15, 0.2) is 51.0 Å². The summed E-state index contributed by atoms with van der Waals surface area (Å²) in [7, 11) is -3.81. The van der Waals surface area contributed by atoms with Gasteiger partial charge in [0.25, 0.3) is 10.0 Å². The Labute approximate surface area is 172 Å². The number of nitrogens with zero attached hydrogens (tertiary/aromatic N) is 3. The average molecular weight is 431 g/mol. The number of benzene rings is 1. The highest BCUT2D eigenvalue weighted by molar-refractivity contribution is 8.14. The number of rotatable bonds is 6. The molecule has 4 rings (SSSR count). The molecule has 0 spiro atoms. The summed E-state index contributed by atoms with van der Waals surface area (Å²) in [5.41, 5.74) is 2.04. The number of nitrogens with one attached hydrogen (secondary N) is 1. The number of anilines is 1. The van der Waals surface area contributed by atoms with Gasteiger partial charge < -0.3 is 4.98 Å². The van der Waals surface area contributed by atoms with Crippen LogP contribution in [0.5, 0.6) is 0 Å². The van der Waals surface area contributed by atoms with Crippen LogP contribution in [0.4, 0.5) is 5.69 Å². The van der Waals surface area contributed by atoms with Gasteiger partial charge in [0.2, 0.25) is 0 Å². The second-order valence-electron chi connectivity index (χ2n) is 6.33. The number of thioether (sulfide) groups is 1. The van der Waals surface area contributed by atoms with E-state index in [1.54, 1.807) is 35.3 Å². The number of hydrogen-bond donors (Lipinski definition) is 1. The minimum Gasteiger partial charge on any atom is -0.351 e. The Bertz CT molecular complexity index is 1170. The normalized spacial score (nSPS) is 16.9. The second kappa shape index (κ2) is 7.62. The Balaban J connectivity index is 1.82. The third-order valence-electron chi connectivity index (χ3n) is 4.57. The topological polar surface area (TPSA) is 89.3 Å². The SMILES string of the molecule is CCC1CSC(c2cc3cccc(N(CC#N)S(=O)(=O)c4cccs4)c3[nH]2)=N1. The second-order valence-corrected chi connectivity index (χ2v) is 10.4. The molecular weight excluding hydrogens is 412 g/mol. The molecule has 1 unspecified atom stereocenters. The number of fused-ring (bicyclic) bond motifs is 1. The molecule has 0 aliphatic carbocycles. The first-order valence-electron chi connectivity index (χ1n) is 8.80.